The summed E-state index contributed by atoms with van der Waals surface area (Å²) in [6, 6.07) is 1.39. The summed E-state index contributed by atoms with van der Waals surface area (Å²) < 4.78 is 6.55. The minimum Gasteiger partial charge on any atom is -0.444 e. The third kappa shape index (κ3) is 4.57. The molecule has 0 aliphatic heterocycles. The molecule has 0 aliphatic carbocycles. The van der Waals surface area contributed by atoms with Crippen molar-refractivity contribution in [3.63, 3.8) is 0 Å². The van der Waals surface area contributed by atoms with Gasteiger partial charge in [0, 0.05) is 32.3 Å². The van der Waals surface area contributed by atoms with Gasteiger partial charge in [0.05, 0.1) is 0 Å². The minimum atomic E-state index is -0.512. The van der Waals surface area contributed by atoms with Gasteiger partial charge in [0.25, 0.3) is 5.56 Å². The number of rotatable bonds is 3. The summed E-state index contributed by atoms with van der Waals surface area (Å²) >= 11 is 0. The van der Waals surface area contributed by atoms with Crippen LogP contribution in [0.4, 0.5) is 4.79 Å². The number of aromatic nitrogens is 2. The first-order chi connectivity index (χ1) is 8.29. The summed E-state index contributed by atoms with van der Waals surface area (Å²) in [5.41, 5.74) is -0.626. The normalized spacial score (nSPS) is 11.1. The highest BCUT2D eigenvalue weighted by Gasteiger charge is 2.15. The summed E-state index contributed by atoms with van der Waals surface area (Å²) in [7, 11) is 1.65. The fraction of sp³-hybridized carbons (Fsp3) is 0.583. The zero-order valence-corrected chi connectivity index (χ0v) is 11.2. The van der Waals surface area contributed by atoms with Crippen LogP contribution in [0.2, 0.25) is 0 Å². The monoisotopic (exact) mass is 253 g/mol. The van der Waals surface area contributed by atoms with Crippen LogP contribution in [0, 0.1) is 0 Å². The van der Waals surface area contributed by atoms with Crippen molar-refractivity contribution in [3.05, 3.63) is 28.4 Å². The SMILES string of the molecule is Cn1c(CCNC(=O)OC(C)(C)C)nccc1=O. The van der Waals surface area contributed by atoms with E-state index < -0.39 is 11.7 Å². The molecule has 0 aliphatic rings. The highest BCUT2D eigenvalue weighted by atomic mass is 16.6. The molecule has 0 radical (unpaired) electrons. The second kappa shape index (κ2) is 5.66. The zero-order chi connectivity index (χ0) is 13.8. The lowest BCUT2D eigenvalue weighted by molar-refractivity contribution is 0.0528. The van der Waals surface area contributed by atoms with Crippen molar-refractivity contribution in [2.75, 3.05) is 6.54 Å². The van der Waals surface area contributed by atoms with Crippen LogP contribution in [-0.4, -0.2) is 27.8 Å². The van der Waals surface area contributed by atoms with Crippen LogP contribution in [0.25, 0.3) is 0 Å². The van der Waals surface area contributed by atoms with E-state index in [0.717, 1.165) is 0 Å². The quantitative estimate of drug-likeness (QED) is 0.866. The number of nitrogens with one attached hydrogen (secondary N) is 1. The number of hydrogen-bond acceptors (Lipinski definition) is 4. The number of alkyl carbamates (subject to hydrolysis) is 1. The van der Waals surface area contributed by atoms with Gasteiger partial charge in [-0.15, -0.1) is 0 Å². The van der Waals surface area contributed by atoms with Crippen molar-refractivity contribution in [1.82, 2.24) is 14.9 Å². The largest absolute Gasteiger partial charge is 0.444 e. The van der Waals surface area contributed by atoms with Crippen LogP contribution in [0.1, 0.15) is 26.6 Å². The van der Waals surface area contributed by atoms with Gasteiger partial charge in [-0.05, 0) is 20.8 Å². The summed E-state index contributed by atoms with van der Waals surface area (Å²) in [6.45, 7) is 5.78. The molecule has 100 valence electrons. The Bertz CT molecular complexity index is 474. The summed E-state index contributed by atoms with van der Waals surface area (Å²) in [5, 5.41) is 2.62. The third-order valence-electron chi connectivity index (χ3n) is 2.18. The standard InChI is InChI=1S/C12H19N3O3/c1-12(2,3)18-11(17)14-7-5-9-13-8-6-10(16)15(9)4/h6,8H,5,7H2,1-4H3,(H,14,17). The van der Waals surface area contributed by atoms with Crippen LogP contribution >= 0.6 is 0 Å². The maximum atomic E-state index is 11.4. The molecular formula is C12H19N3O3. The Balaban J connectivity index is 2.45. The van der Waals surface area contributed by atoms with Gasteiger partial charge in [-0.25, -0.2) is 9.78 Å². The zero-order valence-electron chi connectivity index (χ0n) is 11.2. The molecule has 1 rings (SSSR count). The van der Waals surface area contributed by atoms with Crippen LogP contribution in [0.3, 0.4) is 0 Å². The molecule has 1 N–H and O–H groups in total. The summed E-state index contributed by atoms with van der Waals surface area (Å²) in [4.78, 5) is 26.8. The third-order valence-corrected chi connectivity index (χ3v) is 2.18. The fourth-order valence-electron chi connectivity index (χ4n) is 1.34. The second-order valence-electron chi connectivity index (χ2n) is 4.94. The molecule has 0 fully saturated rings. The van der Waals surface area contributed by atoms with Gasteiger partial charge in [-0.2, -0.15) is 0 Å². The molecule has 1 heterocycles. The lowest BCUT2D eigenvalue weighted by atomic mass is 10.2. The number of ether oxygens (including phenoxy) is 1. The molecule has 1 aromatic heterocycles. The van der Waals surface area contributed by atoms with Crippen molar-refractivity contribution in [3.8, 4) is 0 Å². The Hall–Kier alpha value is -1.85. The van der Waals surface area contributed by atoms with Crippen molar-refractivity contribution < 1.29 is 9.53 Å². The van der Waals surface area contributed by atoms with E-state index in [-0.39, 0.29) is 5.56 Å². The Morgan fingerprint density at radius 1 is 1.50 bits per heavy atom. The van der Waals surface area contributed by atoms with E-state index in [2.05, 4.69) is 10.3 Å². The lowest BCUT2D eigenvalue weighted by Gasteiger charge is -2.19. The average molecular weight is 253 g/mol. The Labute approximate surface area is 106 Å². The molecule has 18 heavy (non-hydrogen) atoms. The van der Waals surface area contributed by atoms with Gasteiger partial charge >= 0.3 is 6.09 Å². The van der Waals surface area contributed by atoms with E-state index >= 15 is 0 Å². The van der Waals surface area contributed by atoms with Gasteiger partial charge in [0.15, 0.2) is 0 Å². The van der Waals surface area contributed by atoms with Gasteiger partial charge in [0.2, 0.25) is 0 Å². The average Bonchev–Trinajstić information content (AvgIpc) is 2.21. The highest BCUT2D eigenvalue weighted by Crippen LogP contribution is 2.06. The molecule has 0 unspecified atom stereocenters. The maximum absolute atomic E-state index is 11.4. The molecule has 0 aromatic carbocycles. The van der Waals surface area contributed by atoms with E-state index in [0.29, 0.717) is 18.8 Å². The Morgan fingerprint density at radius 3 is 2.78 bits per heavy atom. The molecule has 0 atom stereocenters. The molecule has 1 amide bonds. The number of hydrogen-bond donors (Lipinski definition) is 1. The molecule has 6 nitrogen and oxygen atoms in total. The van der Waals surface area contributed by atoms with E-state index in [1.54, 1.807) is 27.8 Å². The minimum absolute atomic E-state index is 0.114. The summed E-state index contributed by atoms with van der Waals surface area (Å²) in [5.74, 6) is 0.624. The van der Waals surface area contributed by atoms with E-state index in [1.807, 2.05) is 0 Å². The molecule has 0 bridgehead atoms. The predicted octanol–water partition coefficient (Wildman–Crippen LogP) is 0.847. The molecular weight excluding hydrogens is 234 g/mol. The Kier molecular flexibility index (Phi) is 4.47. The predicted molar refractivity (Wildman–Crippen MR) is 67.4 cm³/mol. The number of nitrogens with zero attached hydrogens (tertiary/aromatic N) is 2. The Morgan fingerprint density at radius 2 is 2.17 bits per heavy atom. The first-order valence-corrected chi connectivity index (χ1v) is 5.77. The van der Waals surface area contributed by atoms with E-state index in [4.69, 9.17) is 4.74 Å². The van der Waals surface area contributed by atoms with E-state index in [9.17, 15) is 9.59 Å². The smallest absolute Gasteiger partial charge is 0.407 e. The maximum Gasteiger partial charge on any atom is 0.407 e. The first kappa shape index (κ1) is 14.2. The molecule has 6 heteroatoms. The molecule has 0 saturated heterocycles. The van der Waals surface area contributed by atoms with Gasteiger partial charge < -0.3 is 10.1 Å². The van der Waals surface area contributed by atoms with E-state index in [1.165, 1.54) is 16.8 Å². The van der Waals surface area contributed by atoms with Gasteiger partial charge in [0.1, 0.15) is 11.4 Å². The van der Waals surface area contributed by atoms with Crippen molar-refractivity contribution >= 4 is 6.09 Å². The second-order valence-corrected chi connectivity index (χ2v) is 4.94. The summed E-state index contributed by atoms with van der Waals surface area (Å²) in [6.07, 6.45) is 1.47. The fourth-order valence-corrected chi connectivity index (χ4v) is 1.34. The molecule has 0 spiro atoms. The number of carbonyl (C=O) groups excluding carboxylic acids is 1. The van der Waals surface area contributed by atoms with Gasteiger partial charge in [-0.1, -0.05) is 0 Å². The highest BCUT2D eigenvalue weighted by molar-refractivity contribution is 5.67. The van der Waals surface area contributed by atoms with Gasteiger partial charge in [-0.3, -0.25) is 9.36 Å². The number of amides is 1. The first-order valence-electron chi connectivity index (χ1n) is 5.77. The van der Waals surface area contributed by atoms with Crippen LogP contribution in [0.5, 0.6) is 0 Å². The topological polar surface area (TPSA) is 73.2 Å². The molecule has 1 aromatic rings. The number of carbonyl (C=O) groups is 1. The lowest BCUT2D eigenvalue weighted by Crippen LogP contribution is -2.34. The van der Waals surface area contributed by atoms with Crippen LogP contribution in [0.15, 0.2) is 17.1 Å². The van der Waals surface area contributed by atoms with Crippen LogP contribution in [-0.2, 0) is 18.2 Å². The molecule has 0 saturated carbocycles. The van der Waals surface area contributed by atoms with Crippen molar-refractivity contribution in [2.24, 2.45) is 7.05 Å². The van der Waals surface area contributed by atoms with Crippen LogP contribution < -0.4 is 10.9 Å². The van der Waals surface area contributed by atoms with Crippen molar-refractivity contribution in [2.45, 2.75) is 32.8 Å². The van der Waals surface area contributed by atoms with Crippen molar-refractivity contribution in [1.29, 1.82) is 0 Å².